The van der Waals surface area contributed by atoms with Crippen molar-refractivity contribution < 1.29 is 13.6 Å². The van der Waals surface area contributed by atoms with Gasteiger partial charge in [-0.05, 0) is 43.7 Å². The second-order valence-electron chi connectivity index (χ2n) is 10.7. The third kappa shape index (κ3) is 4.97. The lowest BCUT2D eigenvalue weighted by Gasteiger charge is -2.34. The zero-order valence-corrected chi connectivity index (χ0v) is 21.3. The molecule has 1 atom stereocenters. The molecule has 0 saturated heterocycles. The van der Waals surface area contributed by atoms with Crippen LogP contribution in [0.25, 0.3) is 22.4 Å². The summed E-state index contributed by atoms with van der Waals surface area (Å²) < 4.78 is 30.7. The van der Waals surface area contributed by atoms with Gasteiger partial charge in [0.1, 0.15) is 11.9 Å². The smallest absolute Gasteiger partial charge is 0.243 e. The normalized spacial score (nSPS) is 18.3. The molecule has 0 spiro atoms. The largest absolute Gasteiger partial charge is 0.378 e. The minimum Gasteiger partial charge on any atom is -0.378 e. The van der Waals surface area contributed by atoms with Crippen LogP contribution in [0.5, 0.6) is 0 Å². The minimum atomic E-state index is -0.929. The van der Waals surface area contributed by atoms with Crippen molar-refractivity contribution in [3.05, 3.63) is 48.0 Å². The summed E-state index contributed by atoms with van der Waals surface area (Å²) in [6.45, 7) is 0. The number of hydrogen-bond donors (Lipinski definition) is 1. The average molecular weight is 495 g/mol. The van der Waals surface area contributed by atoms with Crippen molar-refractivity contribution in [1.29, 1.82) is 0 Å². The Hall–Kier alpha value is -2.96. The summed E-state index contributed by atoms with van der Waals surface area (Å²) in [5, 5.41) is 3.34. The number of amides is 1. The lowest BCUT2D eigenvalue weighted by Crippen LogP contribution is -2.43. The summed E-state index contributed by atoms with van der Waals surface area (Å²) in [5.74, 6) is -1.19. The maximum atomic E-state index is 14.6. The van der Waals surface area contributed by atoms with E-state index in [1.807, 2.05) is 47.8 Å². The number of carbonyl (C=O) groups is 1. The molecule has 7 heteroatoms. The summed E-state index contributed by atoms with van der Waals surface area (Å²) in [4.78, 5) is 20.8. The highest BCUT2D eigenvalue weighted by Gasteiger charge is 2.35. The molecular weight excluding hydrogens is 458 g/mol. The van der Waals surface area contributed by atoms with Crippen molar-refractivity contribution in [1.82, 2.24) is 14.9 Å². The highest BCUT2D eigenvalue weighted by molar-refractivity contribution is 5.88. The Labute approximate surface area is 211 Å². The number of fused-ring (bicyclic) bond motifs is 1. The Morgan fingerprint density at radius 1 is 0.972 bits per heavy atom. The van der Waals surface area contributed by atoms with Gasteiger partial charge in [-0.15, -0.1) is 0 Å². The number of nitrogens with one attached hydrogen (secondary N) is 1. The van der Waals surface area contributed by atoms with Gasteiger partial charge < -0.3 is 14.8 Å². The fourth-order valence-electron chi connectivity index (χ4n) is 6.02. The first-order valence-corrected chi connectivity index (χ1v) is 13.4. The average Bonchev–Trinajstić information content (AvgIpc) is 3.23. The van der Waals surface area contributed by atoms with Crippen molar-refractivity contribution in [2.24, 2.45) is 5.92 Å². The van der Waals surface area contributed by atoms with Gasteiger partial charge in [-0.2, -0.15) is 0 Å². The molecule has 3 aromatic rings. The van der Waals surface area contributed by atoms with E-state index in [9.17, 15) is 13.6 Å². The molecule has 0 aliphatic heterocycles. The molecule has 1 N–H and O–H groups in total. The number of benzene rings is 2. The van der Waals surface area contributed by atoms with Gasteiger partial charge in [0.2, 0.25) is 5.91 Å². The van der Waals surface area contributed by atoms with Crippen LogP contribution in [0.3, 0.4) is 0 Å². The summed E-state index contributed by atoms with van der Waals surface area (Å²) >= 11 is 0. The Kier molecular flexibility index (Phi) is 7.26. The number of anilines is 1. The molecule has 0 radical (unpaired) electrons. The first-order chi connectivity index (χ1) is 17.4. The van der Waals surface area contributed by atoms with Crippen LogP contribution in [-0.2, 0) is 4.79 Å². The number of nitrogens with zero attached hydrogens (tertiary/aromatic N) is 3. The van der Waals surface area contributed by atoms with Crippen molar-refractivity contribution in [3.8, 4) is 11.4 Å². The topological polar surface area (TPSA) is 50.2 Å². The van der Waals surface area contributed by atoms with Crippen LogP contribution in [0.1, 0.15) is 70.3 Å². The zero-order chi connectivity index (χ0) is 25.2. The number of halogens is 2. The highest BCUT2D eigenvalue weighted by atomic mass is 19.2. The standard InChI is InChI=1S/C29H36F2N4O/c1-34(2)22-15-9-12-20(16-22)28-33-25-17-23(30)24(31)18-26(25)35(28)27(19-10-5-3-6-11-19)29(36)32-21-13-7-4-8-14-21/h9,12,15-19,21,27H,3-8,10-11,13-14H2,1-2H3,(H,32,36). The molecular formula is C29H36F2N4O. The highest BCUT2D eigenvalue weighted by Crippen LogP contribution is 2.39. The molecule has 2 saturated carbocycles. The molecule has 1 aromatic heterocycles. The van der Waals surface area contributed by atoms with Gasteiger partial charge in [-0.3, -0.25) is 4.79 Å². The summed E-state index contributed by atoms with van der Waals surface area (Å²) in [6.07, 6.45) is 10.6. The van der Waals surface area contributed by atoms with E-state index in [0.717, 1.165) is 75.1 Å². The van der Waals surface area contributed by atoms with E-state index in [1.54, 1.807) is 0 Å². The Bertz CT molecular complexity index is 1230. The molecule has 5 rings (SSSR count). The lowest BCUT2D eigenvalue weighted by atomic mass is 9.82. The van der Waals surface area contributed by atoms with Gasteiger partial charge >= 0.3 is 0 Å². The maximum Gasteiger partial charge on any atom is 0.243 e. The molecule has 0 bridgehead atoms. The molecule has 2 fully saturated rings. The number of carbonyl (C=O) groups excluding carboxylic acids is 1. The molecule has 2 aromatic carbocycles. The molecule has 2 aliphatic rings. The van der Waals surface area contributed by atoms with Gasteiger partial charge in [-0.1, -0.05) is 50.7 Å². The van der Waals surface area contributed by atoms with E-state index >= 15 is 0 Å². The fourth-order valence-corrected chi connectivity index (χ4v) is 6.02. The van der Waals surface area contributed by atoms with E-state index in [2.05, 4.69) is 5.32 Å². The first kappa shape index (κ1) is 24.7. The second kappa shape index (κ2) is 10.6. The van der Waals surface area contributed by atoms with E-state index in [4.69, 9.17) is 4.98 Å². The SMILES string of the molecule is CN(C)c1cccc(-c2nc3cc(F)c(F)cc3n2C(C(=O)NC2CCCCC2)C2CCCCC2)c1. The van der Waals surface area contributed by atoms with Crippen molar-refractivity contribution >= 4 is 22.6 Å². The van der Waals surface area contributed by atoms with Crippen LogP contribution < -0.4 is 10.2 Å². The molecule has 36 heavy (non-hydrogen) atoms. The summed E-state index contributed by atoms with van der Waals surface area (Å²) in [6, 6.07) is 9.92. The third-order valence-corrected chi connectivity index (χ3v) is 7.95. The van der Waals surface area contributed by atoms with Crippen molar-refractivity contribution in [3.63, 3.8) is 0 Å². The fraction of sp³-hybridized carbons (Fsp3) is 0.517. The van der Waals surface area contributed by atoms with Gasteiger partial charge in [-0.25, -0.2) is 13.8 Å². The molecule has 2 aliphatic carbocycles. The number of rotatable bonds is 6. The van der Waals surface area contributed by atoms with E-state index in [1.165, 1.54) is 12.5 Å². The second-order valence-corrected chi connectivity index (χ2v) is 10.7. The summed E-state index contributed by atoms with van der Waals surface area (Å²) in [7, 11) is 3.94. The van der Waals surface area contributed by atoms with Crippen LogP contribution in [-0.4, -0.2) is 35.6 Å². The van der Waals surface area contributed by atoms with Gasteiger partial charge in [0, 0.05) is 43.5 Å². The lowest BCUT2D eigenvalue weighted by molar-refractivity contribution is -0.127. The quantitative estimate of drug-likeness (QED) is 0.419. The van der Waals surface area contributed by atoms with Crippen molar-refractivity contribution in [2.45, 2.75) is 76.3 Å². The predicted molar refractivity (Wildman–Crippen MR) is 140 cm³/mol. The predicted octanol–water partition coefficient (Wildman–Crippen LogP) is 6.62. The van der Waals surface area contributed by atoms with E-state index < -0.39 is 17.7 Å². The monoisotopic (exact) mass is 494 g/mol. The number of hydrogen-bond acceptors (Lipinski definition) is 3. The van der Waals surface area contributed by atoms with Crippen LogP contribution in [0.15, 0.2) is 36.4 Å². The molecule has 1 heterocycles. The maximum absolute atomic E-state index is 14.6. The van der Waals surface area contributed by atoms with Crippen molar-refractivity contribution in [2.75, 3.05) is 19.0 Å². The van der Waals surface area contributed by atoms with Crippen LogP contribution in [0, 0.1) is 17.6 Å². The molecule has 192 valence electrons. The zero-order valence-electron chi connectivity index (χ0n) is 21.3. The molecule has 1 unspecified atom stereocenters. The first-order valence-electron chi connectivity index (χ1n) is 13.4. The number of imidazole rings is 1. The Balaban J connectivity index is 1.67. The third-order valence-electron chi connectivity index (χ3n) is 7.95. The van der Waals surface area contributed by atoms with Crippen LogP contribution in [0.2, 0.25) is 0 Å². The van der Waals surface area contributed by atoms with E-state index in [-0.39, 0.29) is 17.9 Å². The van der Waals surface area contributed by atoms with Crippen LogP contribution >= 0.6 is 0 Å². The van der Waals surface area contributed by atoms with Gasteiger partial charge in [0.05, 0.1) is 11.0 Å². The molecule has 1 amide bonds. The Morgan fingerprint density at radius 3 is 2.33 bits per heavy atom. The van der Waals surface area contributed by atoms with Gasteiger partial charge in [0.25, 0.3) is 0 Å². The minimum absolute atomic E-state index is 0.0251. The summed E-state index contributed by atoms with van der Waals surface area (Å²) in [5.41, 5.74) is 2.65. The van der Waals surface area contributed by atoms with Crippen LogP contribution in [0.4, 0.5) is 14.5 Å². The Morgan fingerprint density at radius 2 is 1.64 bits per heavy atom. The number of aromatic nitrogens is 2. The van der Waals surface area contributed by atoms with E-state index in [0.29, 0.717) is 16.9 Å². The van der Waals surface area contributed by atoms with Gasteiger partial charge in [0.15, 0.2) is 11.6 Å². The molecule has 5 nitrogen and oxygen atoms in total.